The molecule has 0 saturated carbocycles. The van der Waals surface area contributed by atoms with Crippen LogP contribution in [0.5, 0.6) is 0 Å². The summed E-state index contributed by atoms with van der Waals surface area (Å²) in [5.74, 6) is 1.56. The highest BCUT2D eigenvalue weighted by Crippen LogP contribution is 2.23. The van der Waals surface area contributed by atoms with Gasteiger partial charge in [-0.3, -0.25) is 4.79 Å². The van der Waals surface area contributed by atoms with Gasteiger partial charge >= 0.3 is 0 Å². The van der Waals surface area contributed by atoms with Crippen LogP contribution in [-0.4, -0.2) is 38.7 Å². The van der Waals surface area contributed by atoms with Gasteiger partial charge < -0.3 is 10.6 Å². The van der Waals surface area contributed by atoms with Crippen molar-refractivity contribution in [3.8, 4) is 0 Å². The molecule has 1 aliphatic heterocycles. The van der Waals surface area contributed by atoms with Crippen molar-refractivity contribution >= 4 is 11.9 Å². The molecule has 6 heteroatoms. The quantitative estimate of drug-likeness (QED) is 0.823. The van der Waals surface area contributed by atoms with Crippen LogP contribution in [0.4, 0.5) is 5.95 Å². The van der Waals surface area contributed by atoms with Crippen LogP contribution in [0, 0.1) is 11.8 Å². The van der Waals surface area contributed by atoms with Gasteiger partial charge in [-0.2, -0.15) is 0 Å². The average Bonchev–Trinajstić information content (AvgIpc) is 2.86. The molecule has 1 saturated heterocycles. The fraction of sp³-hybridized carbons (Fsp3) is 0.727. The second kappa shape index (κ2) is 4.73. The Hall–Kier alpha value is -1.59. The first kappa shape index (κ1) is 11.9. The summed E-state index contributed by atoms with van der Waals surface area (Å²) >= 11 is 0. The number of aromatic nitrogens is 3. The SMILES string of the molecule is CC(C)C1CCN(C(=O)Cn2cnc(N)n2)C1. The predicted octanol–water partition coefficient (Wildman–Crippen LogP) is 0.365. The Morgan fingerprint density at radius 1 is 1.65 bits per heavy atom. The Labute approximate surface area is 101 Å². The van der Waals surface area contributed by atoms with E-state index in [0.29, 0.717) is 11.8 Å². The number of carbonyl (C=O) groups excluding carboxylic acids is 1. The number of hydrogen-bond acceptors (Lipinski definition) is 4. The number of anilines is 1. The molecule has 1 aliphatic rings. The zero-order chi connectivity index (χ0) is 12.4. The summed E-state index contributed by atoms with van der Waals surface area (Å²) in [5.41, 5.74) is 5.40. The Morgan fingerprint density at radius 2 is 2.41 bits per heavy atom. The van der Waals surface area contributed by atoms with Gasteiger partial charge in [-0.1, -0.05) is 13.8 Å². The van der Waals surface area contributed by atoms with E-state index in [2.05, 4.69) is 23.9 Å². The molecular weight excluding hydrogens is 218 g/mol. The van der Waals surface area contributed by atoms with Crippen molar-refractivity contribution in [3.63, 3.8) is 0 Å². The van der Waals surface area contributed by atoms with Crippen LogP contribution in [0.2, 0.25) is 0 Å². The predicted molar refractivity (Wildman–Crippen MR) is 64.0 cm³/mol. The maximum Gasteiger partial charge on any atom is 0.244 e. The zero-order valence-corrected chi connectivity index (χ0v) is 10.3. The fourth-order valence-electron chi connectivity index (χ4n) is 2.18. The molecule has 6 nitrogen and oxygen atoms in total. The molecule has 94 valence electrons. The topological polar surface area (TPSA) is 77.0 Å². The maximum absolute atomic E-state index is 12.0. The lowest BCUT2D eigenvalue weighted by atomic mass is 9.95. The summed E-state index contributed by atoms with van der Waals surface area (Å²) in [6, 6.07) is 0. The summed E-state index contributed by atoms with van der Waals surface area (Å²) in [5, 5.41) is 3.91. The lowest BCUT2D eigenvalue weighted by Gasteiger charge is -2.17. The van der Waals surface area contributed by atoms with Crippen molar-refractivity contribution in [1.82, 2.24) is 19.7 Å². The van der Waals surface area contributed by atoms with Crippen molar-refractivity contribution in [2.75, 3.05) is 18.8 Å². The van der Waals surface area contributed by atoms with Crippen LogP contribution in [-0.2, 0) is 11.3 Å². The number of rotatable bonds is 3. The standard InChI is InChI=1S/C11H19N5O/c1-8(2)9-3-4-15(5-9)10(17)6-16-7-13-11(12)14-16/h7-9H,3-6H2,1-2H3,(H2,12,14). The molecule has 1 atom stereocenters. The van der Waals surface area contributed by atoms with E-state index in [0.717, 1.165) is 19.5 Å². The first-order valence-corrected chi connectivity index (χ1v) is 5.99. The third-order valence-corrected chi connectivity index (χ3v) is 3.37. The van der Waals surface area contributed by atoms with E-state index >= 15 is 0 Å². The summed E-state index contributed by atoms with van der Waals surface area (Å²) < 4.78 is 1.49. The Balaban J connectivity index is 1.89. The van der Waals surface area contributed by atoms with Gasteiger partial charge in [-0.15, -0.1) is 5.10 Å². The molecule has 0 aliphatic carbocycles. The number of likely N-dealkylation sites (tertiary alicyclic amines) is 1. The first-order chi connectivity index (χ1) is 8.06. The molecule has 2 heterocycles. The molecule has 2 rings (SSSR count). The van der Waals surface area contributed by atoms with E-state index in [4.69, 9.17) is 5.73 Å². The molecule has 0 radical (unpaired) electrons. The van der Waals surface area contributed by atoms with Gasteiger partial charge in [-0.05, 0) is 18.3 Å². The van der Waals surface area contributed by atoms with Crippen LogP contribution >= 0.6 is 0 Å². The van der Waals surface area contributed by atoms with Crippen LogP contribution in [0.3, 0.4) is 0 Å². The van der Waals surface area contributed by atoms with Gasteiger partial charge in [-0.25, -0.2) is 9.67 Å². The van der Waals surface area contributed by atoms with Crippen molar-refractivity contribution in [1.29, 1.82) is 0 Å². The van der Waals surface area contributed by atoms with Gasteiger partial charge in [0.25, 0.3) is 0 Å². The normalized spacial score (nSPS) is 20.2. The fourth-order valence-corrected chi connectivity index (χ4v) is 2.18. The van der Waals surface area contributed by atoms with Gasteiger partial charge in [0.15, 0.2) is 0 Å². The van der Waals surface area contributed by atoms with Crippen LogP contribution in [0.1, 0.15) is 20.3 Å². The monoisotopic (exact) mass is 237 g/mol. The molecule has 0 bridgehead atoms. The van der Waals surface area contributed by atoms with E-state index in [-0.39, 0.29) is 18.4 Å². The van der Waals surface area contributed by atoms with E-state index in [1.807, 2.05) is 4.90 Å². The molecule has 1 unspecified atom stereocenters. The third kappa shape index (κ3) is 2.75. The number of nitrogen functional groups attached to an aromatic ring is 1. The second-order valence-corrected chi connectivity index (χ2v) is 4.93. The summed E-state index contributed by atoms with van der Waals surface area (Å²) in [6.07, 6.45) is 2.59. The third-order valence-electron chi connectivity index (χ3n) is 3.37. The smallest absolute Gasteiger partial charge is 0.244 e. The zero-order valence-electron chi connectivity index (χ0n) is 10.3. The minimum absolute atomic E-state index is 0.0954. The highest BCUT2D eigenvalue weighted by molar-refractivity contribution is 5.76. The first-order valence-electron chi connectivity index (χ1n) is 5.99. The van der Waals surface area contributed by atoms with E-state index in [9.17, 15) is 4.79 Å². The van der Waals surface area contributed by atoms with Crippen LogP contribution in [0.25, 0.3) is 0 Å². The number of nitrogens with two attached hydrogens (primary N) is 1. The van der Waals surface area contributed by atoms with Gasteiger partial charge in [0.2, 0.25) is 11.9 Å². The molecular formula is C11H19N5O. The summed E-state index contributed by atoms with van der Waals surface area (Å²) in [4.78, 5) is 17.7. The second-order valence-electron chi connectivity index (χ2n) is 4.93. The van der Waals surface area contributed by atoms with Crippen molar-refractivity contribution in [3.05, 3.63) is 6.33 Å². The molecule has 1 amide bonds. The maximum atomic E-state index is 12.0. The summed E-state index contributed by atoms with van der Waals surface area (Å²) in [7, 11) is 0. The lowest BCUT2D eigenvalue weighted by Crippen LogP contribution is -2.32. The molecule has 1 aromatic heterocycles. The van der Waals surface area contributed by atoms with Gasteiger partial charge in [0.1, 0.15) is 12.9 Å². The van der Waals surface area contributed by atoms with Gasteiger partial charge in [0.05, 0.1) is 0 Å². The largest absolute Gasteiger partial charge is 0.367 e. The van der Waals surface area contributed by atoms with Crippen LogP contribution < -0.4 is 5.73 Å². The molecule has 1 fully saturated rings. The minimum atomic E-state index is 0.0954. The molecule has 2 N–H and O–H groups in total. The average molecular weight is 237 g/mol. The van der Waals surface area contributed by atoms with Crippen molar-refractivity contribution < 1.29 is 4.79 Å². The van der Waals surface area contributed by atoms with Gasteiger partial charge in [0, 0.05) is 13.1 Å². The Kier molecular flexibility index (Phi) is 3.31. The number of amides is 1. The van der Waals surface area contributed by atoms with Crippen molar-refractivity contribution in [2.24, 2.45) is 11.8 Å². The molecule has 17 heavy (non-hydrogen) atoms. The number of nitrogens with zero attached hydrogens (tertiary/aromatic N) is 4. The molecule has 0 spiro atoms. The highest BCUT2D eigenvalue weighted by atomic mass is 16.2. The Morgan fingerprint density at radius 3 is 2.94 bits per heavy atom. The highest BCUT2D eigenvalue weighted by Gasteiger charge is 2.28. The molecule has 0 aromatic carbocycles. The lowest BCUT2D eigenvalue weighted by molar-refractivity contribution is -0.131. The van der Waals surface area contributed by atoms with E-state index < -0.39 is 0 Å². The van der Waals surface area contributed by atoms with Crippen molar-refractivity contribution in [2.45, 2.75) is 26.8 Å². The summed E-state index contributed by atoms with van der Waals surface area (Å²) in [6.45, 7) is 6.36. The van der Waals surface area contributed by atoms with E-state index in [1.54, 1.807) is 0 Å². The molecule has 1 aromatic rings. The van der Waals surface area contributed by atoms with E-state index in [1.165, 1.54) is 11.0 Å². The number of hydrogen-bond donors (Lipinski definition) is 1. The Bertz CT molecular complexity index is 400. The number of carbonyl (C=O) groups is 1. The minimum Gasteiger partial charge on any atom is -0.367 e. The van der Waals surface area contributed by atoms with Crippen LogP contribution in [0.15, 0.2) is 6.33 Å².